The molecule has 0 spiro atoms. The number of ether oxygens (including phenoxy) is 1. The molecule has 10 heteroatoms. The summed E-state index contributed by atoms with van der Waals surface area (Å²) in [5, 5.41) is 0. The fourth-order valence-electron chi connectivity index (χ4n) is 3.75. The zero-order chi connectivity index (χ0) is 27.5. The van der Waals surface area contributed by atoms with Crippen LogP contribution in [-0.2, 0) is 0 Å². The van der Waals surface area contributed by atoms with Crippen molar-refractivity contribution in [1.29, 1.82) is 0 Å². The van der Waals surface area contributed by atoms with Gasteiger partial charge >= 0.3 is 0 Å². The molecule has 0 atom stereocenters. The predicted molar refractivity (Wildman–Crippen MR) is 145 cm³/mol. The topological polar surface area (TPSA) is 105 Å². The summed E-state index contributed by atoms with van der Waals surface area (Å²) in [6, 6.07) is 32.0. The highest BCUT2D eigenvalue weighted by molar-refractivity contribution is 7.18. The molecule has 0 unspecified atom stereocenters. The number of benzene rings is 3. The van der Waals surface area contributed by atoms with Crippen LogP contribution < -0.4 is 28.3 Å². The highest BCUT2D eigenvalue weighted by Crippen LogP contribution is 2.38. The lowest BCUT2D eigenvalue weighted by Gasteiger charge is -2.23. The Bertz CT molecular complexity index is 1260. The monoisotopic (exact) mass is 593 g/mol. The molecular weight excluding hydrogens is 569 g/mol. The highest BCUT2D eigenvalue weighted by Gasteiger charge is 2.19. The summed E-state index contributed by atoms with van der Waals surface area (Å²) in [7, 11) is -3.25. The van der Waals surface area contributed by atoms with Gasteiger partial charge in [-0.2, -0.15) is 0 Å². The molecule has 0 aliphatic carbocycles. The van der Waals surface area contributed by atoms with Gasteiger partial charge in [-0.25, -0.2) is 18.6 Å². The smallest absolute Gasteiger partial charge is 0.239 e. The van der Waals surface area contributed by atoms with Crippen LogP contribution in [0.15, 0.2) is 91.0 Å². The van der Waals surface area contributed by atoms with E-state index in [1.807, 2.05) is 12.1 Å². The van der Waals surface area contributed by atoms with Crippen LogP contribution in [0.5, 0.6) is 5.75 Å². The van der Waals surface area contributed by atoms with Gasteiger partial charge in [-0.3, -0.25) is 0 Å². The number of anilines is 1. The Hall–Kier alpha value is -2.46. The van der Waals surface area contributed by atoms with Crippen LogP contribution in [-0.4, -0.2) is 32.0 Å². The minimum atomic E-state index is -4.94. The summed E-state index contributed by atoms with van der Waals surface area (Å²) in [6.07, 6.45) is 0. The maximum absolute atomic E-state index is 8.49. The van der Waals surface area contributed by atoms with E-state index in [2.05, 4.69) is 83.8 Å². The Morgan fingerprint density at radius 1 is 0.684 bits per heavy atom. The second-order valence-electron chi connectivity index (χ2n) is 7.96. The average molecular weight is 595 g/mol. The Morgan fingerprint density at radius 3 is 1.63 bits per heavy atom. The van der Waals surface area contributed by atoms with Crippen LogP contribution in [0.1, 0.15) is 0 Å². The lowest BCUT2D eigenvalue weighted by Crippen LogP contribution is -2.68. The first-order valence-electron chi connectivity index (χ1n) is 11.5. The lowest BCUT2D eigenvalue weighted by molar-refractivity contribution is -2.00. The van der Waals surface area contributed by atoms with E-state index >= 15 is 0 Å². The molecule has 0 aliphatic rings. The Kier molecular flexibility index (Phi) is 11.6. The minimum absolute atomic E-state index is 0.574. The molecule has 4 aromatic rings. The van der Waals surface area contributed by atoms with E-state index in [0.717, 1.165) is 24.5 Å². The summed E-state index contributed by atoms with van der Waals surface area (Å²) in [4.78, 5) is 4.66. The van der Waals surface area contributed by atoms with Crippen LogP contribution in [0.4, 0.5) is 5.69 Å². The number of methoxy groups -OCH3 is 1. The molecule has 1 aromatic heterocycles. The van der Waals surface area contributed by atoms with E-state index in [9.17, 15) is 0 Å². The van der Waals surface area contributed by atoms with Gasteiger partial charge in [-0.15, -0.1) is 33.4 Å². The van der Waals surface area contributed by atoms with Crippen LogP contribution >= 0.6 is 34.5 Å². The number of alkyl halides is 2. The number of rotatable bonds is 9. The van der Waals surface area contributed by atoms with Gasteiger partial charge < -0.3 is 9.64 Å². The summed E-state index contributed by atoms with van der Waals surface area (Å²) in [5.41, 5.74) is 5.89. The number of hydrogen-bond acceptors (Lipinski definition) is 6. The highest BCUT2D eigenvalue weighted by atomic mass is 35.7. The van der Waals surface area contributed by atoms with Crippen molar-refractivity contribution >= 4 is 40.2 Å². The molecule has 0 saturated heterocycles. The molecule has 0 N–H and O–H groups in total. The second-order valence-corrected chi connectivity index (χ2v) is 10.6. The van der Waals surface area contributed by atoms with Crippen molar-refractivity contribution in [2.45, 2.75) is 0 Å². The first-order valence-corrected chi connectivity index (χ1v) is 14.6. The largest absolute Gasteiger partial charge is 0.497 e. The van der Waals surface area contributed by atoms with Gasteiger partial charge in [-0.1, -0.05) is 30.3 Å². The number of hydrogen-bond donors (Lipinski definition) is 0. The molecule has 3 aromatic carbocycles. The molecule has 1 heterocycles. The molecule has 0 fully saturated rings. The van der Waals surface area contributed by atoms with Crippen LogP contribution in [0.2, 0.25) is 0 Å². The molecule has 0 radical (unpaired) electrons. The van der Waals surface area contributed by atoms with Crippen molar-refractivity contribution in [3.8, 4) is 37.8 Å². The Balaban J connectivity index is 0.000000732. The van der Waals surface area contributed by atoms with Crippen LogP contribution in [0, 0.1) is 10.2 Å². The van der Waals surface area contributed by atoms with E-state index in [1.54, 1.807) is 18.4 Å². The molecule has 0 amide bonds. The first-order chi connectivity index (χ1) is 18.2. The zero-order valence-electron chi connectivity index (χ0n) is 20.5. The summed E-state index contributed by atoms with van der Waals surface area (Å²) < 4.78 is 39.3. The van der Waals surface area contributed by atoms with E-state index in [1.165, 1.54) is 32.0 Å². The van der Waals surface area contributed by atoms with Crippen molar-refractivity contribution in [3.05, 3.63) is 91.0 Å². The average Bonchev–Trinajstić information content (AvgIpc) is 2.92. The van der Waals surface area contributed by atoms with E-state index in [4.69, 9.17) is 46.6 Å². The summed E-state index contributed by atoms with van der Waals surface area (Å²) in [5.74, 6) is 2.01. The predicted octanol–water partition coefficient (Wildman–Crippen LogP) is 3.57. The summed E-state index contributed by atoms with van der Waals surface area (Å²) in [6.45, 7) is 1.56. The van der Waals surface area contributed by atoms with Crippen molar-refractivity contribution in [1.82, 2.24) is 0 Å². The standard InChI is InChI=1S/C28H26Cl2NOS.ClHO4/c1-32-26-13-9-23(10-14-26)28-20-24(19-27(33-28)22-5-3-2-4-6-22)21-7-11-25(12-8-21)31(17-15-29)18-16-30;2-1(3,4)5/h2-14,19-20H,15-18H2,1H3;(H,2,3,4,5)/q+1;/p-1. The third-order valence-corrected chi connectivity index (χ3v) is 6.99. The van der Waals surface area contributed by atoms with Gasteiger partial charge in [0, 0.05) is 53.8 Å². The van der Waals surface area contributed by atoms with Gasteiger partial charge in [0.15, 0.2) is 0 Å². The van der Waals surface area contributed by atoms with Crippen molar-refractivity contribution in [3.63, 3.8) is 0 Å². The lowest BCUT2D eigenvalue weighted by atomic mass is 10.0. The van der Waals surface area contributed by atoms with Crippen LogP contribution in [0.3, 0.4) is 0 Å². The van der Waals surface area contributed by atoms with E-state index in [-0.39, 0.29) is 0 Å². The van der Waals surface area contributed by atoms with Crippen LogP contribution in [0.25, 0.3) is 32.0 Å². The van der Waals surface area contributed by atoms with E-state index < -0.39 is 10.2 Å². The fraction of sp³-hybridized carbons (Fsp3) is 0.179. The van der Waals surface area contributed by atoms with Gasteiger partial charge in [0.2, 0.25) is 21.1 Å². The molecule has 6 nitrogen and oxygen atoms in total. The summed E-state index contributed by atoms with van der Waals surface area (Å²) >= 11 is 13.8. The molecule has 4 rings (SSSR count). The number of halogens is 3. The van der Waals surface area contributed by atoms with Crippen molar-refractivity contribution in [2.75, 3.05) is 36.9 Å². The molecular formula is C28H26Cl3NO5S. The van der Waals surface area contributed by atoms with Crippen molar-refractivity contribution in [2.24, 2.45) is 0 Å². The van der Waals surface area contributed by atoms with Gasteiger partial charge in [-0.05, 0) is 59.7 Å². The SMILES string of the molecule is COc1ccc(-c2cc(-c3ccc(N(CCCl)CCCl)cc3)cc(-c3ccccc3)[s+]2)cc1.[O-][Cl+3]([O-])([O-])[O-]. The Labute approximate surface area is 238 Å². The molecule has 0 aliphatic heterocycles. The zero-order valence-corrected chi connectivity index (χ0v) is 23.6. The van der Waals surface area contributed by atoms with Crippen molar-refractivity contribution < 1.29 is 33.6 Å². The van der Waals surface area contributed by atoms with Gasteiger partial charge in [0.1, 0.15) is 5.75 Å². The first kappa shape index (κ1) is 30.1. The second kappa shape index (κ2) is 14.6. The molecule has 200 valence electrons. The van der Waals surface area contributed by atoms with E-state index in [0.29, 0.717) is 11.8 Å². The quantitative estimate of drug-likeness (QED) is 0.217. The third-order valence-electron chi connectivity index (χ3n) is 5.50. The normalized spacial score (nSPS) is 10.9. The maximum atomic E-state index is 8.49. The fourth-order valence-corrected chi connectivity index (χ4v) is 5.27. The Morgan fingerprint density at radius 2 is 1.16 bits per heavy atom. The molecule has 38 heavy (non-hydrogen) atoms. The van der Waals surface area contributed by atoms with Gasteiger partial charge in [0.05, 0.1) is 7.11 Å². The van der Waals surface area contributed by atoms with Gasteiger partial charge in [0.25, 0.3) is 0 Å². The third kappa shape index (κ3) is 9.38. The minimum Gasteiger partial charge on any atom is -0.497 e. The maximum Gasteiger partial charge on any atom is 0.239 e. The number of nitrogens with zero attached hydrogens (tertiary/aromatic N) is 1. The molecule has 0 saturated carbocycles. The molecule has 0 bridgehead atoms.